The molecule has 0 bridgehead atoms. The zero-order valence-corrected chi connectivity index (χ0v) is 13.6. The summed E-state index contributed by atoms with van der Waals surface area (Å²) in [7, 11) is 2.05. The maximum Gasteiger partial charge on any atom is 0.323 e. The first kappa shape index (κ1) is 15.8. The van der Waals surface area contributed by atoms with Crippen LogP contribution in [0.1, 0.15) is 46.5 Å². The second kappa shape index (κ2) is 7.43. The number of rotatable bonds is 9. The Morgan fingerprint density at radius 2 is 2.00 bits per heavy atom. The molecular weight excluding hydrogens is 266 g/mol. The van der Waals surface area contributed by atoms with Crippen molar-refractivity contribution >= 4 is 11.9 Å². The highest BCUT2D eigenvalue weighted by atomic mass is 16.5. The fourth-order valence-electron chi connectivity index (χ4n) is 2.15. The minimum Gasteiger partial charge on any atom is -0.463 e. The van der Waals surface area contributed by atoms with Crippen molar-refractivity contribution in [3.8, 4) is 6.01 Å². The van der Waals surface area contributed by atoms with Gasteiger partial charge in [-0.25, -0.2) is 0 Å². The molecule has 6 heteroatoms. The van der Waals surface area contributed by atoms with Gasteiger partial charge in [-0.3, -0.25) is 0 Å². The number of nitrogens with zero attached hydrogens (tertiary/aromatic N) is 4. The molecule has 1 unspecified atom stereocenters. The van der Waals surface area contributed by atoms with Crippen molar-refractivity contribution in [2.24, 2.45) is 5.92 Å². The van der Waals surface area contributed by atoms with Gasteiger partial charge in [0.25, 0.3) is 0 Å². The van der Waals surface area contributed by atoms with Crippen LogP contribution >= 0.6 is 0 Å². The van der Waals surface area contributed by atoms with E-state index in [0.717, 1.165) is 25.3 Å². The second-order valence-electron chi connectivity index (χ2n) is 5.71. The Morgan fingerprint density at radius 1 is 1.24 bits per heavy atom. The van der Waals surface area contributed by atoms with Crippen LogP contribution in [0, 0.1) is 5.92 Å². The quantitative estimate of drug-likeness (QED) is 0.755. The Hall–Kier alpha value is -1.59. The number of hydrogen-bond donors (Lipinski definition) is 1. The molecule has 0 spiro atoms. The van der Waals surface area contributed by atoms with Crippen molar-refractivity contribution in [3.05, 3.63) is 0 Å². The van der Waals surface area contributed by atoms with Crippen LogP contribution in [-0.4, -0.2) is 41.2 Å². The molecule has 0 saturated heterocycles. The van der Waals surface area contributed by atoms with Crippen LogP contribution in [0.25, 0.3) is 0 Å². The van der Waals surface area contributed by atoms with Gasteiger partial charge in [-0.1, -0.05) is 13.8 Å². The summed E-state index contributed by atoms with van der Waals surface area (Å²) in [6.45, 7) is 7.88. The molecule has 1 aromatic heterocycles. The van der Waals surface area contributed by atoms with Gasteiger partial charge >= 0.3 is 6.01 Å². The van der Waals surface area contributed by atoms with Gasteiger partial charge in [-0.2, -0.15) is 15.0 Å². The van der Waals surface area contributed by atoms with Gasteiger partial charge in [-0.05, 0) is 38.5 Å². The Kier molecular flexibility index (Phi) is 5.59. The van der Waals surface area contributed by atoms with Gasteiger partial charge in [0.2, 0.25) is 11.9 Å². The van der Waals surface area contributed by atoms with Crippen molar-refractivity contribution in [3.63, 3.8) is 0 Å². The highest BCUT2D eigenvalue weighted by Gasteiger charge is 2.31. The van der Waals surface area contributed by atoms with Crippen LogP contribution in [-0.2, 0) is 0 Å². The monoisotopic (exact) mass is 293 g/mol. The van der Waals surface area contributed by atoms with Crippen molar-refractivity contribution in [2.75, 3.05) is 30.4 Å². The summed E-state index contributed by atoms with van der Waals surface area (Å²) in [5.74, 6) is 2.05. The lowest BCUT2D eigenvalue weighted by molar-refractivity contribution is 0.291. The third kappa shape index (κ3) is 4.44. The molecule has 1 N–H and O–H groups in total. The summed E-state index contributed by atoms with van der Waals surface area (Å²) in [6, 6.07) is 0.862. The Morgan fingerprint density at radius 3 is 2.62 bits per heavy atom. The van der Waals surface area contributed by atoms with Gasteiger partial charge in [0, 0.05) is 19.6 Å². The van der Waals surface area contributed by atoms with Crippen molar-refractivity contribution < 1.29 is 4.74 Å². The molecule has 1 aliphatic rings. The smallest absolute Gasteiger partial charge is 0.323 e. The molecule has 1 aromatic rings. The minimum atomic E-state index is 0.412. The Balaban J connectivity index is 2.16. The summed E-state index contributed by atoms with van der Waals surface area (Å²) in [5.41, 5.74) is 0. The van der Waals surface area contributed by atoms with E-state index in [4.69, 9.17) is 4.74 Å². The third-order valence-electron chi connectivity index (χ3n) is 3.80. The molecule has 0 amide bonds. The van der Waals surface area contributed by atoms with E-state index in [0.29, 0.717) is 30.6 Å². The second-order valence-corrected chi connectivity index (χ2v) is 5.71. The van der Waals surface area contributed by atoms with E-state index in [9.17, 15) is 0 Å². The number of aromatic nitrogens is 3. The fourth-order valence-corrected chi connectivity index (χ4v) is 2.15. The maximum absolute atomic E-state index is 5.59. The average molecular weight is 293 g/mol. The zero-order chi connectivity index (χ0) is 15.2. The summed E-state index contributed by atoms with van der Waals surface area (Å²) in [4.78, 5) is 15.4. The molecule has 2 rings (SSSR count). The largest absolute Gasteiger partial charge is 0.463 e. The third-order valence-corrected chi connectivity index (χ3v) is 3.80. The van der Waals surface area contributed by atoms with E-state index in [1.165, 1.54) is 12.8 Å². The molecule has 0 aromatic carbocycles. The standard InChI is InChI=1S/C15H27N5O/c1-5-9-16-13-17-14(19-15(18-13)21-10-6-2)20(4)11(3)12-7-8-12/h11-12H,5-10H2,1-4H3,(H,16,17,18,19). The van der Waals surface area contributed by atoms with Crippen LogP contribution < -0.4 is 15.0 Å². The molecule has 1 fully saturated rings. The number of nitrogens with one attached hydrogen (secondary N) is 1. The molecule has 0 radical (unpaired) electrons. The SMILES string of the molecule is CCCNc1nc(OCCC)nc(N(C)C(C)C2CC2)n1. The van der Waals surface area contributed by atoms with Crippen molar-refractivity contribution in [2.45, 2.75) is 52.5 Å². The van der Waals surface area contributed by atoms with Crippen molar-refractivity contribution in [1.82, 2.24) is 15.0 Å². The highest BCUT2D eigenvalue weighted by Crippen LogP contribution is 2.35. The first-order chi connectivity index (χ1) is 10.2. The van der Waals surface area contributed by atoms with E-state index in [2.05, 4.69) is 45.9 Å². The molecule has 1 atom stereocenters. The van der Waals surface area contributed by atoms with Crippen LogP contribution in [0.3, 0.4) is 0 Å². The molecule has 1 saturated carbocycles. The lowest BCUT2D eigenvalue weighted by Gasteiger charge is -2.25. The van der Waals surface area contributed by atoms with Crippen LogP contribution in [0.2, 0.25) is 0 Å². The van der Waals surface area contributed by atoms with Gasteiger partial charge in [-0.15, -0.1) is 0 Å². The number of ether oxygens (including phenoxy) is 1. The van der Waals surface area contributed by atoms with E-state index >= 15 is 0 Å². The normalized spacial score (nSPS) is 15.6. The fraction of sp³-hybridized carbons (Fsp3) is 0.800. The van der Waals surface area contributed by atoms with E-state index < -0.39 is 0 Å². The Labute approximate surface area is 127 Å². The van der Waals surface area contributed by atoms with Crippen LogP contribution in [0.15, 0.2) is 0 Å². The molecule has 1 aliphatic carbocycles. The lowest BCUT2D eigenvalue weighted by Crippen LogP contribution is -2.32. The topological polar surface area (TPSA) is 63.2 Å². The molecule has 0 aliphatic heterocycles. The predicted octanol–water partition coefficient (Wildman–Crippen LogP) is 2.72. The summed E-state index contributed by atoms with van der Waals surface area (Å²) in [6.07, 6.45) is 4.57. The molecular formula is C15H27N5O. The van der Waals surface area contributed by atoms with Crippen LogP contribution in [0.4, 0.5) is 11.9 Å². The highest BCUT2D eigenvalue weighted by molar-refractivity contribution is 5.39. The molecule has 6 nitrogen and oxygen atoms in total. The summed E-state index contributed by atoms with van der Waals surface area (Å²) in [5, 5.41) is 3.22. The minimum absolute atomic E-state index is 0.412. The Bertz CT molecular complexity index is 423. The van der Waals surface area contributed by atoms with Gasteiger partial charge in [0.15, 0.2) is 0 Å². The first-order valence-corrected chi connectivity index (χ1v) is 8.01. The van der Waals surface area contributed by atoms with Gasteiger partial charge in [0.1, 0.15) is 0 Å². The van der Waals surface area contributed by atoms with Gasteiger partial charge in [0.05, 0.1) is 6.61 Å². The lowest BCUT2D eigenvalue weighted by atomic mass is 10.2. The summed E-state index contributed by atoms with van der Waals surface area (Å²) < 4.78 is 5.59. The van der Waals surface area contributed by atoms with Gasteiger partial charge < -0.3 is 15.0 Å². The van der Waals surface area contributed by atoms with E-state index in [1.54, 1.807) is 0 Å². The molecule has 1 heterocycles. The number of hydrogen-bond acceptors (Lipinski definition) is 6. The zero-order valence-electron chi connectivity index (χ0n) is 13.6. The average Bonchev–Trinajstić information content (AvgIpc) is 3.34. The van der Waals surface area contributed by atoms with Crippen molar-refractivity contribution in [1.29, 1.82) is 0 Å². The first-order valence-electron chi connectivity index (χ1n) is 8.01. The maximum atomic E-state index is 5.59. The van der Waals surface area contributed by atoms with E-state index in [-0.39, 0.29) is 0 Å². The number of anilines is 2. The predicted molar refractivity (Wildman–Crippen MR) is 85.0 cm³/mol. The molecule has 118 valence electrons. The molecule has 21 heavy (non-hydrogen) atoms. The van der Waals surface area contributed by atoms with Crippen LogP contribution in [0.5, 0.6) is 6.01 Å². The summed E-state index contributed by atoms with van der Waals surface area (Å²) >= 11 is 0. The van der Waals surface area contributed by atoms with E-state index in [1.807, 2.05) is 7.05 Å².